The minimum atomic E-state index is -0.575. The molecule has 0 radical (unpaired) electrons. The molecule has 0 saturated heterocycles. The molecular formula is C18H17N5O4. The van der Waals surface area contributed by atoms with Gasteiger partial charge < -0.3 is 15.4 Å². The second kappa shape index (κ2) is 6.53. The van der Waals surface area contributed by atoms with Crippen LogP contribution in [0.2, 0.25) is 0 Å². The van der Waals surface area contributed by atoms with E-state index >= 15 is 0 Å². The predicted octanol–water partition coefficient (Wildman–Crippen LogP) is 1.89. The Bertz CT molecular complexity index is 1020. The van der Waals surface area contributed by atoms with Crippen molar-refractivity contribution >= 4 is 5.69 Å². The molecule has 9 nitrogen and oxygen atoms in total. The van der Waals surface area contributed by atoms with E-state index in [4.69, 9.17) is 10.3 Å². The molecule has 0 bridgehead atoms. The summed E-state index contributed by atoms with van der Waals surface area (Å²) in [7, 11) is 0. The lowest BCUT2D eigenvalue weighted by atomic mass is 9.78. The van der Waals surface area contributed by atoms with Crippen molar-refractivity contribution in [3.05, 3.63) is 57.9 Å². The molecule has 3 aromatic rings. The fourth-order valence-corrected chi connectivity index (χ4v) is 3.32. The lowest BCUT2D eigenvalue weighted by molar-refractivity contribution is -0.384. The molecule has 3 N–H and O–H groups in total. The quantitative estimate of drug-likeness (QED) is 0.526. The fourth-order valence-electron chi connectivity index (χ4n) is 3.32. The third kappa shape index (κ3) is 3.18. The Morgan fingerprint density at radius 1 is 1.33 bits per heavy atom. The van der Waals surface area contributed by atoms with Gasteiger partial charge in [-0.3, -0.25) is 15.1 Å². The maximum absolute atomic E-state index is 11.2. The summed E-state index contributed by atoms with van der Waals surface area (Å²) in [5.74, 6) is 0.420. The fraction of sp³-hybridized carbons (Fsp3) is 0.278. The zero-order valence-corrected chi connectivity index (χ0v) is 14.3. The zero-order chi connectivity index (χ0) is 19.0. The van der Waals surface area contributed by atoms with Crippen LogP contribution in [0, 0.1) is 10.1 Å². The molecule has 1 aromatic carbocycles. The molecule has 4 rings (SSSR count). The SMILES string of the molecule is NC1(CO)CCc2cc(-c3noc(-c4ccncc4[N+](=O)[O-])n3)ccc2C1. The second-order valence-corrected chi connectivity index (χ2v) is 6.75. The summed E-state index contributed by atoms with van der Waals surface area (Å²) in [5.41, 5.74) is 8.61. The van der Waals surface area contributed by atoms with Crippen LogP contribution < -0.4 is 5.73 Å². The van der Waals surface area contributed by atoms with Crippen LogP contribution in [-0.4, -0.2) is 37.3 Å². The maximum Gasteiger partial charge on any atom is 0.300 e. The first-order valence-electron chi connectivity index (χ1n) is 8.43. The van der Waals surface area contributed by atoms with Gasteiger partial charge in [0.15, 0.2) is 0 Å². The van der Waals surface area contributed by atoms with Gasteiger partial charge >= 0.3 is 0 Å². The van der Waals surface area contributed by atoms with Crippen molar-refractivity contribution in [1.29, 1.82) is 0 Å². The zero-order valence-electron chi connectivity index (χ0n) is 14.3. The highest BCUT2D eigenvalue weighted by atomic mass is 16.6. The van der Waals surface area contributed by atoms with Crippen LogP contribution in [0.4, 0.5) is 5.69 Å². The van der Waals surface area contributed by atoms with Crippen LogP contribution in [0.25, 0.3) is 22.8 Å². The summed E-state index contributed by atoms with van der Waals surface area (Å²) in [6, 6.07) is 7.25. The number of nitrogens with two attached hydrogens (primary N) is 1. The van der Waals surface area contributed by atoms with Crippen molar-refractivity contribution in [2.24, 2.45) is 5.73 Å². The number of benzene rings is 1. The Balaban J connectivity index is 1.66. The Kier molecular flexibility index (Phi) is 4.17. The van der Waals surface area contributed by atoms with E-state index in [-0.39, 0.29) is 23.7 Å². The van der Waals surface area contributed by atoms with Gasteiger partial charge in [-0.1, -0.05) is 17.3 Å². The van der Waals surface area contributed by atoms with Gasteiger partial charge in [0.1, 0.15) is 11.8 Å². The average Bonchev–Trinajstić information content (AvgIpc) is 3.17. The topological polar surface area (TPSA) is 141 Å². The number of nitro groups is 1. The Hall–Kier alpha value is -3.17. The van der Waals surface area contributed by atoms with Crippen molar-refractivity contribution in [3.63, 3.8) is 0 Å². The van der Waals surface area contributed by atoms with Gasteiger partial charge in [0.25, 0.3) is 11.6 Å². The second-order valence-electron chi connectivity index (χ2n) is 6.75. The monoisotopic (exact) mass is 367 g/mol. The number of pyridine rings is 1. The Morgan fingerprint density at radius 3 is 2.96 bits per heavy atom. The minimum absolute atomic E-state index is 0.0485. The number of aliphatic hydroxyl groups is 1. The molecule has 1 atom stereocenters. The largest absolute Gasteiger partial charge is 0.394 e. The van der Waals surface area contributed by atoms with Crippen molar-refractivity contribution in [2.75, 3.05) is 6.61 Å². The number of fused-ring (bicyclic) bond motifs is 1. The summed E-state index contributed by atoms with van der Waals surface area (Å²) in [4.78, 5) is 18.7. The first kappa shape index (κ1) is 17.3. The number of aliphatic hydroxyl groups excluding tert-OH is 1. The molecule has 0 fully saturated rings. The van der Waals surface area contributed by atoms with Crippen LogP contribution >= 0.6 is 0 Å². The summed E-state index contributed by atoms with van der Waals surface area (Å²) in [5, 5.41) is 24.6. The minimum Gasteiger partial charge on any atom is -0.394 e. The first-order chi connectivity index (χ1) is 13.0. The van der Waals surface area contributed by atoms with Crippen molar-refractivity contribution in [2.45, 2.75) is 24.8 Å². The number of hydrogen-bond donors (Lipinski definition) is 2. The predicted molar refractivity (Wildman–Crippen MR) is 95.6 cm³/mol. The van der Waals surface area contributed by atoms with Gasteiger partial charge in [0.2, 0.25) is 5.82 Å². The third-order valence-corrected chi connectivity index (χ3v) is 4.87. The molecule has 2 aromatic heterocycles. The number of aromatic nitrogens is 3. The lowest BCUT2D eigenvalue weighted by Crippen LogP contribution is -2.48. The van der Waals surface area contributed by atoms with E-state index in [1.54, 1.807) is 0 Å². The Labute approximate surface area is 154 Å². The average molecular weight is 367 g/mol. The van der Waals surface area contributed by atoms with Gasteiger partial charge in [-0.05, 0) is 42.5 Å². The molecule has 1 aliphatic rings. The van der Waals surface area contributed by atoms with Crippen molar-refractivity contribution < 1.29 is 14.6 Å². The van der Waals surface area contributed by atoms with Crippen LogP contribution in [0.15, 0.2) is 41.2 Å². The molecule has 27 heavy (non-hydrogen) atoms. The highest BCUT2D eigenvalue weighted by molar-refractivity contribution is 5.67. The highest BCUT2D eigenvalue weighted by Crippen LogP contribution is 2.32. The van der Waals surface area contributed by atoms with Crippen LogP contribution in [-0.2, 0) is 12.8 Å². The summed E-state index contributed by atoms with van der Waals surface area (Å²) >= 11 is 0. The molecule has 0 saturated carbocycles. The molecule has 9 heteroatoms. The summed E-state index contributed by atoms with van der Waals surface area (Å²) < 4.78 is 5.24. The van der Waals surface area contributed by atoms with Gasteiger partial charge in [0.05, 0.1) is 11.5 Å². The van der Waals surface area contributed by atoms with Crippen molar-refractivity contribution in [3.8, 4) is 22.8 Å². The molecule has 1 aliphatic carbocycles. The van der Waals surface area contributed by atoms with Crippen molar-refractivity contribution in [1.82, 2.24) is 15.1 Å². The smallest absolute Gasteiger partial charge is 0.300 e. The Morgan fingerprint density at radius 2 is 2.19 bits per heavy atom. The number of rotatable bonds is 4. The van der Waals surface area contributed by atoms with E-state index in [1.807, 2.05) is 18.2 Å². The molecule has 2 heterocycles. The van der Waals surface area contributed by atoms with Crippen LogP contribution in [0.3, 0.4) is 0 Å². The molecule has 0 spiro atoms. The van der Waals surface area contributed by atoms with E-state index in [0.717, 1.165) is 29.3 Å². The molecule has 1 unspecified atom stereocenters. The van der Waals surface area contributed by atoms with Gasteiger partial charge in [-0.15, -0.1) is 0 Å². The van der Waals surface area contributed by atoms with E-state index in [0.29, 0.717) is 18.7 Å². The normalized spacial score (nSPS) is 18.9. The maximum atomic E-state index is 11.2. The van der Waals surface area contributed by atoms with Gasteiger partial charge in [-0.25, -0.2) is 0 Å². The van der Waals surface area contributed by atoms with E-state index < -0.39 is 10.5 Å². The molecule has 138 valence electrons. The summed E-state index contributed by atoms with van der Waals surface area (Å²) in [6.07, 6.45) is 4.64. The van der Waals surface area contributed by atoms with Crippen LogP contribution in [0.5, 0.6) is 0 Å². The highest BCUT2D eigenvalue weighted by Gasteiger charge is 2.30. The standard InChI is InChI=1S/C18H17N5O4/c19-18(10-24)5-3-11-7-12(1-2-13(11)8-18)16-21-17(27-22-16)14-4-6-20-9-15(14)23(25)26/h1-2,4,6-7,9,24H,3,5,8,10,19H2. The van der Waals surface area contributed by atoms with Gasteiger partial charge in [-0.2, -0.15) is 4.98 Å². The van der Waals surface area contributed by atoms with Crippen LogP contribution in [0.1, 0.15) is 17.5 Å². The lowest BCUT2D eigenvalue weighted by Gasteiger charge is -2.33. The van der Waals surface area contributed by atoms with E-state index in [2.05, 4.69) is 15.1 Å². The number of hydrogen-bond acceptors (Lipinski definition) is 8. The third-order valence-electron chi connectivity index (χ3n) is 4.87. The summed E-state index contributed by atoms with van der Waals surface area (Å²) in [6.45, 7) is -0.0485. The van der Waals surface area contributed by atoms with E-state index in [1.165, 1.54) is 12.3 Å². The van der Waals surface area contributed by atoms with E-state index in [9.17, 15) is 15.2 Å². The van der Waals surface area contributed by atoms with Gasteiger partial charge in [0, 0.05) is 17.3 Å². The number of nitrogens with zero attached hydrogens (tertiary/aromatic N) is 4. The number of aryl methyl sites for hydroxylation is 1. The molecular weight excluding hydrogens is 350 g/mol. The first-order valence-corrected chi connectivity index (χ1v) is 8.43. The molecule has 0 aliphatic heterocycles. The molecule has 0 amide bonds.